The van der Waals surface area contributed by atoms with Gasteiger partial charge in [0.2, 0.25) is 11.8 Å². The third-order valence-corrected chi connectivity index (χ3v) is 5.67. The summed E-state index contributed by atoms with van der Waals surface area (Å²) >= 11 is 0. The van der Waals surface area contributed by atoms with Crippen molar-refractivity contribution in [3.05, 3.63) is 95.6 Å². The molecule has 0 unspecified atom stereocenters. The molecule has 7 heteroatoms. The molecule has 1 aliphatic rings. The monoisotopic (exact) mass is 443 g/mol. The van der Waals surface area contributed by atoms with E-state index in [-0.39, 0.29) is 25.5 Å². The number of benzene rings is 3. The summed E-state index contributed by atoms with van der Waals surface area (Å²) in [5.41, 5.74) is 10.5. The minimum Gasteiger partial charge on any atom is -0.449 e. The fraction of sp³-hybridized carbons (Fsp3) is 0.192. The van der Waals surface area contributed by atoms with Crippen molar-refractivity contribution in [1.82, 2.24) is 10.6 Å². The molecule has 0 fully saturated rings. The number of hydrogen-bond acceptors (Lipinski definition) is 4. The molecule has 3 aromatic rings. The van der Waals surface area contributed by atoms with Crippen LogP contribution in [-0.4, -0.2) is 37.1 Å². The summed E-state index contributed by atoms with van der Waals surface area (Å²) in [4.78, 5) is 36.3. The average Bonchev–Trinajstić information content (AvgIpc) is 3.15. The van der Waals surface area contributed by atoms with Gasteiger partial charge in [-0.05, 0) is 27.8 Å². The van der Waals surface area contributed by atoms with Crippen molar-refractivity contribution in [3.8, 4) is 11.1 Å². The van der Waals surface area contributed by atoms with Gasteiger partial charge < -0.3 is 21.1 Å². The van der Waals surface area contributed by atoms with Crippen molar-refractivity contribution in [1.29, 1.82) is 0 Å². The smallest absolute Gasteiger partial charge is 0.407 e. The van der Waals surface area contributed by atoms with Crippen LogP contribution in [0, 0.1) is 0 Å². The van der Waals surface area contributed by atoms with Crippen molar-refractivity contribution in [2.24, 2.45) is 5.73 Å². The number of fused-ring (bicyclic) bond motifs is 3. The van der Waals surface area contributed by atoms with Crippen molar-refractivity contribution >= 4 is 17.9 Å². The molecule has 0 heterocycles. The Morgan fingerprint density at radius 1 is 0.848 bits per heavy atom. The second kappa shape index (κ2) is 9.99. The van der Waals surface area contributed by atoms with Crippen molar-refractivity contribution in [3.63, 3.8) is 0 Å². The van der Waals surface area contributed by atoms with E-state index in [4.69, 9.17) is 10.5 Å². The van der Waals surface area contributed by atoms with Crippen LogP contribution in [-0.2, 0) is 20.7 Å². The lowest BCUT2D eigenvalue weighted by atomic mass is 9.98. The van der Waals surface area contributed by atoms with Gasteiger partial charge in [0.1, 0.15) is 12.6 Å². The Hall–Kier alpha value is -4.13. The molecule has 0 aromatic heterocycles. The molecule has 7 nitrogen and oxygen atoms in total. The summed E-state index contributed by atoms with van der Waals surface area (Å²) in [6.45, 7) is -0.169. The largest absolute Gasteiger partial charge is 0.449 e. The second-order valence-electron chi connectivity index (χ2n) is 7.90. The molecule has 0 saturated carbocycles. The van der Waals surface area contributed by atoms with Gasteiger partial charge in [-0.1, -0.05) is 78.9 Å². The Morgan fingerprint density at radius 3 is 2.03 bits per heavy atom. The van der Waals surface area contributed by atoms with Gasteiger partial charge in [0.15, 0.2) is 0 Å². The van der Waals surface area contributed by atoms with E-state index < -0.39 is 23.9 Å². The second-order valence-corrected chi connectivity index (χ2v) is 7.90. The molecule has 3 aromatic carbocycles. The highest BCUT2D eigenvalue weighted by Crippen LogP contribution is 2.44. The first-order chi connectivity index (χ1) is 16.0. The Kier molecular flexibility index (Phi) is 6.69. The molecular formula is C26H25N3O4. The topological polar surface area (TPSA) is 111 Å². The average molecular weight is 444 g/mol. The number of carbonyl (C=O) groups is 3. The lowest BCUT2D eigenvalue weighted by Gasteiger charge is -2.19. The van der Waals surface area contributed by atoms with E-state index in [1.165, 1.54) is 0 Å². The zero-order chi connectivity index (χ0) is 23.2. The molecule has 168 valence electrons. The number of rotatable bonds is 8. The number of primary amides is 1. The summed E-state index contributed by atoms with van der Waals surface area (Å²) in [7, 11) is 0. The Balaban J connectivity index is 1.44. The highest BCUT2D eigenvalue weighted by atomic mass is 16.5. The highest BCUT2D eigenvalue weighted by Gasteiger charge is 2.29. The molecule has 4 N–H and O–H groups in total. The maximum Gasteiger partial charge on any atom is 0.407 e. The number of amides is 3. The number of nitrogens with one attached hydrogen (secondary N) is 2. The van der Waals surface area contributed by atoms with Gasteiger partial charge in [-0.25, -0.2) is 4.79 Å². The molecule has 0 aliphatic heterocycles. The maximum absolute atomic E-state index is 12.7. The van der Waals surface area contributed by atoms with E-state index >= 15 is 0 Å². The Bertz CT molecular complexity index is 1120. The van der Waals surface area contributed by atoms with Crippen LogP contribution >= 0.6 is 0 Å². The molecule has 4 rings (SSSR count). The molecule has 0 spiro atoms. The lowest BCUT2D eigenvalue weighted by molar-refractivity contribution is -0.126. The van der Waals surface area contributed by atoms with Crippen molar-refractivity contribution < 1.29 is 19.1 Å². The number of hydrogen-bond donors (Lipinski definition) is 3. The van der Waals surface area contributed by atoms with Crippen molar-refractivity contribution in [2.45, 2.75) is 18.4 Å². The lowest BCUT2D eigenvalue weighted by Crippen LogP contribution is -2.49. The first-order valence-electron chi connectivity index (χ1n) is 10.7. The fourth-order valence-electron chi connectivity index (χ4n) is 4.14. The first kappa shape index (κ1) is 22.1. The predicted octanol–water partition coefficient (Wildman–Crippen LogP) is 2.74. The molecule has 1 atom stereocenters. The van der Waals surface area contributed by atoms with Crippen LogP contribution in [0.1, 0.15) is 22.6 Å². The van der Waals surface area contributed by atoms with Gasteiger partial charge in [-0.3, -0.25) is 9.59 Å². The number of ether oxygens (including phenoxy) is 1. The Labute approximate surface area is 191 Å². The third-order valence-electron chi connectivity index (χ3n) is 5.67. The van der Waals surface area contributed by atoms with Crippen LogP contribution < -0.4 is 16.4 Å². The summed E-state index contributed by atoms with van der Waals surface area (Å²) in [6.07, 6.45) is -0.456. The first-order valence-corrected chi connectivity index (χ1v) is 10.7. The zero-order valence-corrected chi connectivity index (χ0v) is 18.0. The van der Waals surface area contributed by atoms with Crippen LogP contribution in [0.4, 0.5) is 4.79 Å². The van der Waals surface area contributed by atoms with Crippen LogP contribution in [0.3, 0.4) is 0 Å². The summed E-state index contributed by atoms with van der Waals surface area (Å²) < 4.78 is 5.56. The molecule has 1 aliphatic carbocycles. The van der Waals surface area contributed by atoms with E-state index in [0.29, 0.717) is 0 Å². The summed E-state index contributed by atoms with van der Waals surface area (Å²) in [5.74, 6) is -1.26. The molecule has 0 saturated heterocycles. The van der Waals surface area contributed by atoms with E-state index in [0.717, 1.165) is 27.8 Å². The molecule has 0 radical (unpaired) electrons. The van der Waals surface area contributed by atoms with E-state index in [1.54, 1.807) is 0 Å². The molecular weight excluding hydrogens is 418 g/mol. The van der Waals surface area contributed by atoms with Crippen LogP contribution in [0.2, 0.25) is 0 Å². The van der Waals surface area contributed by atoms with Crippen LogP contribution in [0.5, 0.6) is 0 Å². The quantitative estimate of drug-likeness (QED) is 0.497. The van der Waals surface area contributed by atoms with Gasteiger partial charge in [-0.15, -0.1) is 0 Å². The molecule has 0 bridgehead atoms. The summed E-state index contributed by atoms with van der Waals surface area (Å²) in [6, 6.07) is 24.5. The Morgan fingerprint density at radius 2 is 1.42 bits per heavy atom. The molecule has 3 amide bonds. The van der Waals surface area contributed by atoms with E-state index in [1.807, 2.05) is 66.7 Å². The van der Waals surface area contributed by atoms with Gasteiger partial charge in [0, 0.05) is 12.3 Å². The van der Waals surface area contributed by atoms with Crippen LogP contribution in [0.15, 0.2) is 78.9 Å². The highest BCUT2D eigenvalue weighted by molar-refractivity contribution is 5.89. The van der Waals surface area contributed by atoms with Gasteiger partial charge >= 0.3 is 6.09 Å². The normalized spacial score (nSPS) is 12.8. The molecule has 33 heavy (non-hydrogen) atoms. The minimum atomic E-state index is -0.914. The van der Waals surface area contributed by atoms with Crippen molar-refractivity contribution in [2.75, 3.05) is 13.2 Å². The predicted molar refractivity (Wildman–Crippen MR) is 124 cm³/mol. The van der Waals surface area contributed by atoms with E-state index in [2.05, 4.69) is 22.8 Å². The number of carbonyl (C=O) groups excluding carboxylic acids is 3. The van der Waals surface area contributed by atoms with Gasteiger partial charge in [0.25, 0.3) is 0 Å². The van der Waals surface area contributed by atoms with Crippen LogP contribution in [0.25, 0.3) is 11.1 Å². The van der Waals surface area contributed by atoms with E-state index in [9.17, 15) is 14.4 Å². The van der Waals surface area contributed by atoms with Gasteiger partial charge in [-0.2, -0.15) is 0 Å². The van der Waals surface area contributed by atoms with Gasteiger partial charge in [0.05, 0.1) is 6.54 Å². The zero-order valence-electron chi connectivity index (χ0n) is 18.0. The third kappa shape index (κ3) is 5.20. The fourth-order valence-corrected chi connectivity index (χ4v) is 4.14. The standard InChI is InChI=1S/C26H25N3O4/c27-24(30)15-28-25(31)23(14-17-8-2-1-3-9-17)29-26(32)33-16-22-20-12-6-4-10-18(20)19-11-5-7-13-21(19)22/h1-13,22-23H,14-16H2,(H2,27,30)(H,28,31)(H,29,32)/t23-/m0/s1. The minimum absolute atomic E-state index is 0.0839. The number of alkyl carbamates (subject to hydrolysis) is 1. The maximum atomic E-state index is 12.7. The summed E-state index contributed by atoms with van der Waals surface area (Å²) in [5, 5.41) is 5.08. The SMILES string of the molecule is NC(=O)CNC(=O)[C@H](Cc1ccccc1)NC(=O)OCC1c2ccccc2-c2ccccc21. The number of nitrogens with two attached hydrogens (primary N) is 1.